The molecule has 0 amide bonds. The first kappa shape index (κ1) is 38.0. The Kier molecular flexibility index (Phi) is 14.3. The van der Waals surface area contributed by atoms with Crippen LogP contribution in [0.1, 0.15) is 0 Å². The predicted molar refractivity (Wildman–Crippen MR) is 93.3 cm³/mol. The summed E-state index contributed by atoms with van der Waals surface area (Å²) < 4.78 is 137. The van der Waals surface area contributed by atoms with Gasteiger partial charge >= 0.3 is 118 Å². The fraction of sp³-hybridized carbons (Fsp3) is 0. The molecular formula is C14H6Na4O12S4. The van der Waals surface area contributed by atoms with Crippen molar-refractivity contribution in [3.63, 3.8) is 0 Å². The molecule has 0 spiro atoms. The predicted octanol–water partition coefficient (Wildman–Crippen LogP) is -12.4. The van der Waals surface area contributed by atoms with Crippen molar-refractivity contribution in [3.05, 3.63) is 36.4 Å². The Labute approximate surface area is 283 Å². The fourth-order valence-electron chi connectivity index (χ4n) is 2.81. The van der Waals surface area contributed by atoms with Gasteiger partial charge in [-0.2, -0.15) is 0 Å². The molecule has 0 N–H and O–H groups in total. The van der Waals surface area contributed by atoms with Gasteiger partial charge in [-0.25, -0.2) is 33.7 Å². The Bertz CT molecular complexity index is 1560. The first-order valence-corrected chi connectivity index (χ1v) is 12.9. The van der Waals surface area contributed by atoms with Gasteiger partial charge in [0.2, 0.25) is 0 Å². The van der Waals surface area contributed by atoms with E-state index in [1.54, 1.807) is 0 Å². The normalized spacial score (nSPS) is 12.1. The van der Waals surface area contributed by atoms with Crippen molar-refractivity contribution in [2.24, 2.45) is 0 Å². The van der Waals surface area contributed by atoms with Gasteiger partial charge in [0.15, 0.2) is 0 Å². The molecule has 0 saturated heterocycles. The molecule has 0 atom stereocenters. The molecule has 0 fully saturated rings. The summed E-state index contributed by atoms with van der Waals surface area (Å²) in [6, 6.07) is 3.44. The molecule has 20 heteroatoms. The van der Waals surface area contributed by atoms with E-state index in [9.17, 15) is 51.9 Å². The van der Waals surface area contributed by atoms with Gasteiger partial charge in [-0.3, -0.25) is 0 Å². The van der Waals surface area contributed by atoms with E-state index in [1.807, 2.05) is 0 Å². The standard InChI is InChI=1S/C14H10O12S4.4Na/c15-27(16,17)9-2-7-1-8-3-10(28(18,19)20)5-14(30(24,25)26)12(8)6-11(7)13(4-9)29(21,22)23;;;;/h1-6H,(H,15,16,17)(H,18,19,20)(H,21,22,23)(H,24,25,26);;;;/q;4*+1/p-4. The van der Waals surface area contributed by atoms with Crippen LogP contribution in [0, 0.1) is 0 Å². The largest absolute Gasteiger partial charge is 1.00 e. The van der Waals surface area contributed by atoms with E-state index in [1.165, 1.54) is 0 Å². The molecule has 0 aromatic heterocycles. The molecule has 0 heterocycles. The smallest absolute Gasteiger partial charge is 0.744 e. The number of hydrogen-bond donors (Lipinski definition) is 0. The Morgan fingerprint density at radius 1 is 0.412 bits per heavy atom. The molecule has 3 aromatic rings. The van der Waals surface area contributed by atoms with Gasteiger partial charge < -0.3 is 18.2 Å². The van der Waals surface area contributed by atoms with Crippen LogP contribution in [0.15, 0.2) is 56.0 Å². The Balaban J connectivity index is 0. The molecule has 0 radical (unpaired) electrons. The van der Waals surface area contributed by atoms with Crippen LogP contribution >= 0.6 is 0 Å². The second-order valence-electron chi connectivity index (χ2n) is 5.95. The number of hydrogen-bond acceptors (Lipinski definition) is 12. The van der Waals surface area contributed by atoms with E-state index in [2.05, 4.69) is 0 Å². The van der Waals surface area contributed by atoms with Crippen molar-refractivity contribution >= 4 is 62.0 Å². The van der Waals surface area contributed by atoms with Crippen LogP contribution in [0.4, 0.5) is 0 Å². The topological polar surface area (TPSA) is 229 Å². The van der Waals surface area contributed by atoms with Crippen molar-refractivity contribution in [3.8, 4) is 0 Å². The maximum absolute atomic E-state index is 11.6. The molecule has 0 aliphatic heterocycles. The van der Waals surface area contributed by atoms with E-state index >= 15 is 0 Å². The second kappa shape index (κ2) is 12.8. The zero-order valence-electron chi connectivity index (χ0n) is 18.0. The third-order valence-corrected chi connectivity index (χ3v) is 7.39. The average Bonchev–Trinajstić information content (AvgIpc) is 2.54. The van der Waals surface area contributed by atoms with Crippen LogP contribution in [0.5, 0.6) is 0 Å². The summed E-state index contributed by atoms with van der Waals surface area (Å²) in [5, 5.41) is -1.84. The van der Waals surface area contributed by atoms with Crippen LogP contribution in [0.2, 0.25) is 0 Å². The van der Waals surface area contributed by atoms with Gasteiger partial charge in [0.25, 0.3) is 0 Å². The summed E-state index contributed by atoms with van der Waals surface area (Å²) in [5.41, 5.74) is 0. The molecule has 12 nitrogen and oxygen atoms in total. The summed E-state index contributed by atoms with van der Waals surface area (Å²) in [6.07, 6.45) is 0. The minimum absolute atomic E-state index is 0. The average molecular weight is 586 g/mol. The van der Waals surface area contributed by atoms with Gasteiger partial charge in [0, 0.05) is 0 Å². The maximum Gasteiger partial charge on any atom is 1.00 e. The van der Waals surface area contributed by atoms with E-state index in [0.29, 0.717) is 12.1 Å². The van der Waals surface area contributed by atoms with Crippen molar-refractivity contribution < 1.29 is 170 Å². The quantitative estimate of drug-likeness (QED) is 0.158. The SMILES string of the molecule is O=S(=O)([O-])c1cc(S(=O)(=O)[O-])c2cc3c(S(=O)(=O)[O-])cc(S(=O)(=O)[O-])cc3cc2c1.[Na+].[Na+].[Na+].[Na+]. The maximum atomic E-state index is 11.6. The Hall–Kier alpha value is 1.82. The van der Waals surface area contributed by atoms with Crippen LogP contribution in [-0.4, -0.2) is 51.9 Å². The van der Waals surface area contributed by atoms with Crippen molar-refractivity contribution in [2.45, 2.75) is 19.6 Å². The third-order valence-electron chi connectivity index (χ3n) is 4.01. The number of benzene rings is 3. The molecule has 0 bridgehead atoms. The van der Waals surface area contributed by atoms with Crippen molar-refractivity contribution in [1.82, 2.24) is 0 Å². The molecule has 0 unspecified atom stereocenters. The summed E-state index contributed by atoms with van der Waals surface area (Å²) in [5.74, 6) is 0. The molecule has 0 aliphatic rings. The van der Waals surface area contributed by atoms with Gasteiger partial charge in [-0.05, 0) is 57.9 Å². The van der Waals surface area contributed by atoms with Gasteiger partial charge in [0.1, 0.15) is 40.5 Å². The molecule has 0 aliphatic carbocycles. The fourth-order valence-corrected chi connectivity index (χ4v) is 5.46. The van der Waals surface area contributed by atoms with E-state index in [-0.39, 0.29) is 141 Å². The zero-order valence-corrected chi connectivity index (χ0v) is 29.3. The molecule has 162 valence electrons. The first-order valence-electron chi connectivity index (χ1n) is 7.28. The summed E-state index contributed by atoms with van der Waals surface area (Å²) in [4.78, 5) is -4.58. The van der Waals surface area contributed by atoms with Crippen molar-refractivity contribution in [2.75, 3.05) is 0 Å². The Morgan fingerprint density at radius 2 is 0.706 bits per heavy atom. The number of fused-ring (bicyclic) bond motifs is 2. The molecule has 3 aromatic carbocycles. The molecule has 34 heavy (non-hydrogen) atoms. The van der Waals surface area contributed by atoms with Crippen molar-refractivity contribution in [1.29, 1.82) is 0 Å². The number of rotatable bonds is 4. The zero-order chi connectivity index (χ0) is 22.9. The molecular weight excluding hydrogens is 580 g/mol. The second-order valence-corrected chi connectivity index (χ2v) is 11.4. The van der Waals surface area contributed by atoms with Crippen LogP contribution in [-0.2, 0) is 40.5 Å². The van der Waals surface area contributed by atoms with E-state index in [0.717, 1.165) is 12.1 Å². The monoisotopic (exact) mass is 586 g/mol. The van der Waals surface area contributed by atoms with Crippen LogP contribution in [0.3, 0.4) is 0 Å². The summed E-state index contributed by atoms with van der Waals surface area (Å²) >= 11 is 0. The van der Waals surface area contributed by atoms with Gasteiger partial charge in [-0.1, -0.05) is 0 Å². The van der Waals surface area contributed by atoms with Gasteiger partial charge in [-0.15, -0.1) is 0 Å². The first-order chi connectivity index (χ1) is 13.4. The minimum atomic E-state index is -5.39. The molecule has 3 rings (SSSR count). The third kappa shape index (κ3) is 8.41. The van der Waals surface area contributed by atoms with Crippen LogP contribution in [0.25, 0.3) is 21.5 Å². The van der Waals surface area contributed by atoms with Crippen LogP contribution < -0.4 is 118 Å². The van der Waals surface area contributed by atoms with E-state index in [4.69, 9.17) is 0 Å². The minimum Gasteiger partial charge on any atom is -0.744 e. The molecule has 0 saturated carbocycles. The summed E-state index contributed by atoms with van der Waals surface area (Å²) in [6.45, 7) is 0. The van der Waals surface area contributed by atoms with E-state index < -0.39 is 70.8 Å². The summed E-state index contributed by atoms with van der Waals surface area (Å²) in [7, 11) is -21.3. The Morgan fingerprint density at radius 3 is 0.941 bits per heavy atom. The van der Waals surface area contributed by atoms with Gasteiger partial charge in [0.05, 0.1) is 19.6 Å².